The lowest BCUT2D eigenvalue weighted by atomic mass is 10.1. The maximum Gasteiger partial charge on any atom is 0.253 e. The van der Waals surface area contributed by atoms with E-state index in [-0.39, 0.29) is 17.0 Å². The average molecular weight is 444 g/mol. The molecule has 0 radical (unpaired) electrons. The molecule has 0 aliphatic heterocycles. The van der Waals surface area contributed by atoms with E-state index in [0.717, 1.165) is 22.3 Å². The van der Waals surface area contributed by atoms with Crippen molar-refractivity contribution < 1.29 is 9.21 Å². The van der Waals surface area contributed by atoms with Crippen LogP contribution in [0.3, 0.4) is 0 Å². The molecule has 0 aliphatic carbocycles. The lowest BCUT2D eigenvalue weighted by Gasteiger charge is -2.20. The number of anilines is 1. The number of nitrogens with zero attached hydrogens (tertiary/aromatic N) is 4. The van der Waals surface area contributed by atoms with E-state index in [1.54, 1.807) is 18.5 Å². The van der Waals surface area contributed by atoms with Gasteiger partial charge in [0, 0.05) is 17.0 Å². The van der Waals surface area contributed by atoms with Crippen LogP contribution in [0.15, 0.2) is 45.6 Å². The smallest absolute Gasteiger partial charge is 0.253 e. The molecular formula is C25H25N5O3. The van der Waals surface area contributed by atoms with Crippen LogP contribution in [0.5, 0.6) is 0 Å². The molecule has 8 heteroatoms. The third kappa shape index (κ3) is 3.61. The highest BCUT2D eigenvalue weighted by Gasteiger charge is 2.28. The number of hydrogen-bond donors (Lipinski definition) is 1. The number of carbonyl (C=O) groups is 1. The van der Waals surface area contributed by atoms with Gasteiger partial charge in [-0.25, -0.2) is 4.68 Å². The second-order valence-corrected chi connectivity index (χ2v) is 8.08. The van der Waals surface area contributed by atoms with E-state index in [0.29, 0.717) is 23.4 Å². The Morgan fingerprint density at radius 1 is 1.21 bits per heavy atom. The standard InChI is InChI=1S/C25H25N5O3/c1-6-20(23(32)27-24-19(13-26)15(3)17(5)33-24)29-21(31)12-14(2)22-16(4)28-30(25(22)29)18-10-8-7-9-11-18/h7-12,20H,6H2,1-5H3,(H,27,32). The predicted molar refractivity (Wildman–Crippen MR) is 126 cm³/mol. The topological polar surface area (TPSA) is 106 Å². The van der Waals surface area contributed by atoms with Gasteiger partial charge in [-0.05, 0) is 51.8 Å². The molecule has 1 N–H and O–H groups in total. The summed E-state index contributed by atoms with van der Waals surface area (Å²) in [5, 5.41) is 17.7. The normalized spacial score (nSPS) is 12.0. The Labute approximate surface area is 191 Å². The van der Waals surface area contributed by atoms with Gasteiger partial charge in [0.15, 0.2) is 0 Å². The first-order valence-electron chi connectivity index (χ1n) is 10.8. The number of aromatic nitrogens is 3. The molecule has 0 spiro atoms. The van der Waals surface area contributed by atoms with E-state index in [4.69, 9.17) is 4.42 Å². The zero-order valence-corrected chi connectivity index (χ0v) is 19.3. The molecule has 168 valence electrons. The van der Waals surface area contributed by atoms with Crippen molar-refractivity contribution in [3.8, 4) is 11.8 Å². The minimum Gasteiger partial charge on any atom is -0.444 e. The van der Waals surface area contributed by atoms with Crippen LogP contribution in [-0.2, 0) is 4.79 Å². The summed E-state index contributed by atoms with van der Waals surface area (Å²) < 4.78 is 8.80. The van der Waals surface area contributed by atoms with Gasteiger partial charge in [0.1, 0.15) is 29.1 Å². The van der Waals surface area contributed by atoms with Gasteiger partial charge >= 0.3 is 0 Å². The summed E-state index contributed by atoms with van der Waals surface area (Å²) in [6.45, 7) is 9.09. The number of aryl methyl sites for hydroxylation is 3. The van der Waals surface area contributed by atoms with Crippen molar-refractivity contribution in [2.24, 2.45) is 0 Å². The van der Waals surface area contributed by atoms with E-state index in [1.807, 2.05) is 51.1 Å². The Bertz CT molecular complexity index is 1470. The van der Waals surface area contributed by atoms with E-state index < -0.39 is 11.9 Å². The molecule has 0 aliphatic rings. The van der Waals surface area contributed by atoms with E-state index >= 15 is 0 Å². The number of rotatable bonds is 5. The van der Waals surface area contributed by atoms with Gasteiger partial charge in [-0.15, -0.1) is 0 Å². The summed E-state index contributed by atoms with van der Waals surface area (Å²) in [5.74, 6) is 0.219. The number of furan rings is 1. The molecule has 3 heterocycles. The number of carbonyl (C=O) groups excluding carboxylic acids is 1. The highest BCUT2D eigenvalue weighted by Crippen LogP contribution is 2.29. The first-order valence-corrected chi connectivity index (χ1v) is 10.8. The first kappa shape index (κ1) is 22.1. The van der Waals surface area contributed by atoms with Crippen LogP contribution in [0, 0.1) is 39.0 Å². The fraction of sp³-hybridized carbons (Fsp3) is 0.280. The van der Waals surface area contributed by atoms with Crippen molar-refractivity contribution in [2.75, 3.05) is 5.32 Å². The van der Waals surface area contributed by atoms with Gasteiger partial charge in [-0.3, -0.25) is 19.5 Å². The molecule has 1 unspecified atom stereocenters. The zero-order valence-electron chi connectivity index (χ0n) is 19.3. The summed E-state index contributed by atoms with van der Waals surface area (Å²) in [6.07, 6.45) is 0.351. The molecule has 8 nitrogen and oxygen atoms in total. The molecule has 4 rings (SSSR count). The lowest BCUT2D eigenvalue weighted by Crippen LogP contribution is -2.34. The van der Waals surface area contributed by atoms with Gasteiger partial charge in [-0.2, -0.15) is 10.4 Å². The van der Waals surface area contributed by atoms with Gasteiger partial charge < -0.3 is 4.42 Å². The number of benzene rings is 1. The maximum atomic E-state index is 13.4. The molecule has 33 heavy (non-hydrogen) atoms. The van der Waals surface area contributed by atoms with E-state index in [2.05, 4.69) is 16.5 Å². The van der Waals surface area contributed by atoms with Crippen LogP contribution in [-0.4, -0.2) is 20.3 Å². The summed E-state index contributed by atoms with van der Waals surface area (Å²) in [6, 6.07) is 12.3. The fourth-order valence-electron chi connectivity index (χ4n) is 4.21. The number of nitriles is 1. The van der Waals surface area contributed by atoms with Crippen molar-refractivity contribution in [2.45, 2.75) is 47.1 Å². The molecule has 0 fully saturated rings. The first-order chi connectivity index (χ1) is 15.8. The van der Waals surface area contributed by atoms with E-state index in [9.17, 15) is 14.9 Å². The molecule has 1 aromatic carbocycles. The van der Waals surface area contributed by atoms with Crippen molar-refractivity contribution in [1.82, 2.24) is 14.3 Å². The second kappa shape index (κ2) is 8.43. The number of hydrogen-bond acceptors (Lipinski definition) is 5. The zero-order chi connectivity index (χ0) is 23.9. The molecule has 0 bridgehead atoms. The number of fused-ring (bicyclic) bond motifs is 1. The average Bonchev–Trinajstić information content (AvgIpc) is 3.27. The van der Waals surface area contributed by atoms with Crippen LogP contribution >= 0.6 is 0 Å². The van der Waals surface area contributed by atoms with Crippen molar-refractivity contribution in [1.29, 1.82) is 5.26 Å². The van der Waals surface area contributed by atoms with Gasteiger partial charge in [0.05, 0.1) is 11.4 Å². The quantitative estimate of drug-likeness (QED) is 0.490. The van der Waals surface area contributed by atoms with Crippen LogP contribution in [0.1, 0.15) is 47.5 Å². The molecule has 4 aromatic rings. The highest BCUT2D eigenvalue weighted by molar-refractivity contribution is 5.95. The van der Waals surface area contributed by atoms with Crippen molar-refractivity contribution in [3.05, 3.63) is 74.9 Å². The minimum atomic E-state index is -0.837. The molecule has 3 aromatic heterocycles. The summed E-state index contributed by atoms with van der Waals surface area (Å²) in [7, 11) is 0. The van der Waals surface area contributed by atoms with Crippen LogP contribution < -0.4 is 10.9 Å². The summed E-state index contributed by atoms with van der Waals surface area (Å²) in [4.78, 5) is 26.6. The summed E-state index contributed by atoms with van der Waals surface area (Å²) in [5.41, 5.74) is 3.55. The maximum absolute atomic E-state index is 13.4. The van der Waals surface area contributed by atoms with Gasteiger partial charge in [0.25, 0.3) is 5.56 Å². The largest absolute Gasteiger partial charge is 0.444 e. The van der Waals surface area contributed by atoms with Gasteiger partial charge in [-0.1, -0.05) is 25.1 Å². The lowest BCUT2D eigenvalue weighted by molar-refractivity contribution is -0.119. The molecule has 0 saturated heterocycles. The predicted octanol–water partition coefficient (Wildman–Crippen LogP) is 4.48. The Kier molecular flexibility index (Phi) is 5.64. The SMILES string of the molecule is CCC(C(=O)Nc1oc(C)c(C)c1C#N)n1c(=O)cc(C)c2c(C)nn(-c3ccccc3)c21. The molecule has 1 amide bonds. The van der Waals surface area contributed by atoms with Crippen LogP contribution in [0.2, 0.25) is 0 Å². The van der Waals surface area contributed by atoms with Crippen molar-refractivity contribution in [3.63, 3.8) is 0 Å². The number of amides is 1. The highest BCUT2D eigenvalue weighted by atomic mass is 16.4. The Morgan fingerprint density at radius 3 is 2.55 bits per heavy atom. The van der Waals surface area contributed by atoms with Gasteiger partial charge in [0.2, 0.25) is 11.8 Å². The molecule has 0 saturated carbocycles. The fourth-order valence-corrected chi connectivity index (χ4v) is 4.21. The van der Waals surface area contributed by atoms with Crippen LogP contribution in [0.4, 0.5) is 5.88 Å². The number of para-hydroxylation sites is 1. The van der Waals surface area contributed by atoms with Crippen LogP contribution in [0.25, 0.3) is 16.7 Å². The Morgan fingerprint density at radius 2 is 1.91 bits per heavy atom. The third-order valence-corrected chi connectivity index (χ3v) is 5.97. The monoisotopic (exact) mass is 443 g/mol. The summed E-state index contributed by atoms with van der Waals surface area (Å²) >= 11 is 0. The molecular weight excluding hydrogens is 418 g/mol. The minimum absolute atomic E-state index is 0.0973. The van der Waals surface area contributed by atoms with Crippen molar-refractivity contribution >= 4 is 22.8 Å². The Balaban J connectivity index is 1.91. The Hall–Kier alpha value is -4.12. The molecule has 1 atom stereocenters. The third-order valence-electron chi connectivity index (χ3n) is 5.97. The second-order valence-electron chi connectivity index (χ2n) is 8.08. The number of pyridine rings is 1. The number of nitrogens with one attached hydrogen (secondary N) is 1. The van der Waals surface area contributed by atoms with E-state index in [1.165, 1.54) is 10.6 Å².